The number of anilines is 2. The fourth-order valence-corrected chi connectivity index (χ4v) is 5.46. The number of carbonyl (C=O) groups excluding carboxylic acids is 2. The number of carboxylic acids is 1. The van der Waals surface area contributed by atoms with Crippen molar-refractivity contribution >= 4 is 28.9 Å². The van der Waals surface area contributed by atoms with Crippen LogP contribution in [0.1, 0.15) is 90.1 Å². The van der Waals surface area contributed by atoms with Gasteiger partial charge in [0, 0.05) is 47.5 Å². The van der Waals surface area contributed by atoms with Crippen LogP contribution in [0.15, 0.2) is 103 Å². The summed E-state index contributed by atoms with van der Waals surface area (Å²) in [6, 6.07) is 30.1. The molecular weight excluding hydrogens is 588 g/mol. The van der Waals surface area contributed by atoms with Crippen LogP contribution in [-0.4, -0.2) is 41.8 Å². The number of unbranched alkanes of at least 4 members (excludes halogenated alkanes) is 5. The van der Waals surface area contributed by atoms with Gasteiger partial charge >= 0.3 is 5.97 Å². The number of para-hydroxylation sites is 2. The summed E-state index contributed by atoms with van der Waals surface area (Å²) in [6.45, 7) is 3.36. The molecule has 7 heteroatoms. The van der Waals surface area contributed by atoms with Crippen molar-refractivity contribution in [1.29, 1.82) is 0 Å². The third kappa shape index (κ3) is 11.1. The van der Waals surface area contributed by atoms with Crippen molar-refractivity contribution in [3.05, 3.63) is 125 Å². The van der Waals surface area contributed by atoms with Crippen molar-refractivity contribution < 1.29 is 24.2 Å². The Morgan fingerprint density at radius 2 is 1.34 bits per heavy atom. The molecule has 0 amide bonds. The number of aliphatic carboxylic acids is 1. The molecule has 3 N–H and O–H groups in total. The average molecular weight is 635 g/mol. The van der Waals surface area contributed by atoms with Crippen LogP contribution >= 0.6 is 0 Å². The lowest BCUT2D eigenvalue weighted by atomic mass is 10.00. The van der Waals surface area contributed by atoms with E-state index in [1.165, 1.54) is 25.7 Å². The summed E-state index contributed by atoms with van der Waals surface area (Å²) in [5, 5.41) is 16.4. The molecule has 1 atom stereocenters. The fourth-order valence-electron chi connectivity index (χ4n) is 5.46. The number of carbonyl (C=O) groups is 3. The predicted molar refractivity (Wildman–Crippen MR) is 189 cm³/mol. The highest BCUT2D eigenvalue weighted by molar-refractivity contribution is 6.12. The summed E-state index contributed by atoms with van der Waals surface area (Å²) in [4.78, 5) is 38.1. The van der Waals surface area contributed by atoms with Gasteiger partial charge in [-0.05, 0) is 54.8 Å². The van der Waals surface area contributed by atoms with E-state index < -0.39 is 12.0 Å². The molecule has 0 spiro atoms. The number of benzene rings is 4. The van der Waals surface area contributed by atoms with Gasteiger partial charge in [0.25, 0.3) is 0 Å². The maximum atomic E-state index is 13.1. The van der Waals surface area contributed by atoms with Gasteiger partial charge in [-0.25, -0.2) is 4.79 Å². The van der Waals surface area contributed by atoms with Crippen LogP contribution in [0.4, 0.5) is 11.4 Å². The normalized spacial score (nSPS) is 11.4. The molecule has 7 nitrogen and oxygen atoms in total. The minimum atomic E-state index is -1.01. The zero-order valence-corrected chi connectivity index (χ0v) is 27.3. The lowest BCUT2D eigenvalue weighted by molar-refractivity contribution is -0.137. The molecule has 4 aromatic rings. The summed E-state index contributed by atoms with van der Waals surface area (Å²) in [5.74, 6) is -0.298. The molecule has 0 radical (unpaired) electrons. The first kappa shape index (κ1) is 35.0. The molecule has 4 rings (SSSR count). The lowest BCUT2D eigenvalue weighted by Gasteiger charge is -2.18. The van der Waals surface area contributed by atoms with Crippen LogP contribution in [0.2, 0.25) is 0 Å². The van der Waals surface area contributed by atoms with Crippen molar-refractivity contribution in [2.45, 2.75) is 70.8 Å². The maximum Gasteiger partial charge on any atom is 0.326 e. The number of carboxylic acid groups (broad SMARTS) is 1. The topological polar surface area (TPSA) is 105 Å². The number of hydrogen-bond donors (Lipinski definition) is 3. The van der Waals surface area contributed by atoms with Crippen molar-refractivity contribution in [3.63, 3.8) is 0 Å². The lowest BCUT2D eigenvalue weighted by Crippen LogP contribution is -2.32. The van der Waals surface area contributed by atoms with Gasteiger partial charge in [0.1, 0.15) is 11.8 Å². The van der Waals surface area contributed by atoms with Crippen LogP contribution in [0.3, 0.4) is 0 Å². The summed E-state index contributed by atoms with van der Waals surface area (Å²) in [6.07, 6.45) is 8.50. The van der Waals surface area contributed by atoms with Crippen molar-refractivity contribution in [1.82, 2.24) is 0 Å². The molecule has 4 aromatic carbocycles. The van der Waals surface area contributed by atoms with Gasteiger partial charge in [-0.15, -0.1) is 0 Å². The molecule has 0 saturated heterocycles. The Bertz CT molecular complexity index is 1570. The number of hydrogen-bond acceptors (Lipinski definition) is 6. The second-order valence-corrected chi connectivity index (χ2v) is 11.7. The molecule has 0 aliphatic carbocycles. The van der Waals surface area contributed by atoms with E-state index in [1.54, 1.807) is 48.5 Å². The predicted octanol–water partition coefficient (Wildman–Crippen LogP) is 8.84. The van der Waals surface area contributed by atoms with Gasteiger partial charge in [-0.2, -0.15) is 0 Å². The first-order valence-corrected chi connectivity index (χ1v) is 16.7. The Kier molecular flexibility index (Phi) is 14.1. The van der Waals surface area contributed by atoms with E-state index >= 15 is 0 Å². The summed E-state index contributed by atoms with van der Waals surface area (Å²) >= 11 is 0. The molecule has 1 unspecified atom stereocenters. The van der Waals surface area contributed by atoms with E-state index in [-0.39, 0.29) is 18.0 Å². The van der Waals surface area contributed by atoms with E-state index in [4.69, 9.17) is 4.74 Å². The Morgan fingerprint density at radius 3 is 2.06 bits per heavy atom. The van der Waals surface area contributed by atoms with Gasteiger partial charge < -0.3 is 20.5 Å². The van der Waals surface area contributed by atoms with E-state index in [2.05, 4.69) is 17.6 Å². The Hall–Kier alpha value is -4.91. The Labute approximate surface area is 278 Å². The van der Waals surface area contributed by atoms with Crippen LogP contribution in [0.5, 0.6) is 5.75 Å². The summed E-state index contributed by atoms with van der Waals surface area (Å²) in [7, 11) is 0. The third-order valence-corrected chi connectivity index (χ3v) is 8.09. The van der Waals surface area contributed by atoms with E-state index in [0.717, 1.165) is 36.1 Å². The SMILES string of the molecule is CCCCCCCCC(=O)c1ccccc1NCCCOc1ccc(CC(Nc2ccccc2C(=O)c2ccccc2)C(=O)O)cc1. The smallest absolute Gasteiger partial charge is 0.326 e. The van der Waals surface area contributed by atoms with Gasteiger partial charge in [-0.1, -0.05) is 106 Å². The average Bonchev–Trinajstić information content (AvgIpc) is 3.10. The quantitative estimate of drug-likeness (QED) is 0.0621. The Balaban J connectivity index is 1.23. The van der Waals surface area contributed by atoms with Gasteiger partial charge in [0.05, 0.1) is 6.61 Å². The molecule has 0 aromatic heterocycles. The number of nitrogens with one attached hydrogen (secondary N) is 2. The second-order valence-electron chi connectivity index (χ2n) is 11.7. The van der Waals surface area contributed by atoms with E-state index in [1.807, 2.05) is 54.6 Å². The first-order valence-electron chi connectivity index (χ1n) is 16.7. The highest BCUT2D eigenvalue weighted by atomic mass is 16.5. The van der Waals surface area contributed by atoms with Crippen LogP contribution < -0.4 is 15.4 Å². The summed E-state index contributed by atoms with van der Waals surface area (Å²) < 4.78 is 5.93. The molecule has 246 valence electrons. The Morgan fingerprint density at radius 1 is 0.702 bits per heavy atom. The minimum absolute atomic E-state index is 0.171. The molecule has 0 saturated carbocycles. The number of Topliss-reactive ketones (excluding diaryl/α,β-unsaturated/α-hetero) is 1. The van der Waals surface area contributed by atoms with Gasteiger partial charge in [0.15, 0.2) is 11.6 Å². The van der Waals surface area contributed by atoms with E-state index in [9.17, 15) is 19.5 Å². The first-order chi connectivity index (χ1) is 23.0. The van der Waals surface area contributed by atoms with Crippen LogP contribution in [-0.2, 0) is 11.2 Å². The monoisotopic (exact) mass is 634 g/mol. The number of rotatable bonds is 21. The number of ketones is 2. The molecule has 0 fully saturated rings. The third-order valence-electron chi connectivity index (χ3n) is 8.09. The second kappa shape index (κ2) is 18.9. The molecule has 0 bridgehead atoms. The number of ether oxygens (including phenoxy) is 1. The minimum Gasteiger partial charge on any atom is -0.494 e. The van der Waals surface area contributed by atoms with Gasteiger partial charge in [0.2, 0.25) is 0 Å². The molecule has 0 aliphatic rings. The van der Waals surface area contributed by atoms with Crippen molar-refractivity contribution in [2.24, 2.45) is 0 Å². The maximum absolute atomic E-state index is 13.1. The zero-order valence-electron chi connectivity index (χ0n) is 27.3. The molecule has 0 aliphatic heterocycles. The largest absolute Gasteiger partial charge is 0.494 e. The molecular formula is C40H46N2O5. The highest BCUT2D eigenvalue weighted by Gasteiger charge is 2.21. The highest BCUT2D eigenvalue weighted by Crippen LogP contribution is 2.23. The van der Waals surface area contributed by atoms with Crippen molar-refractivity contribution in [2.75, 3.05) is 23.8 Å². The fraction of sp³-hybridized carbons (Fsp3) is 0.325. The van der Waals surface area contributed by atoms with Crippen LogP contribution in [0.25, 0.3) is 0 Å². The van der Waals surface area contributed by atoms with Crippen molar-refractivity contribution in [3.8, 4) is 5.75 Å². The molecule has 0 heterocycles. The standard InChI is InChI=1S/C40H46N2O5/c1-2-3-4-5-6-10-22-38(43)33-18-11-13-20-35(33)41-27-15-28-47-32-25-23-30(24-26-32)29-37(40(45)46)42-36-21-14-12-19-34(36)39(44)31-16-8-7-9-17-31/h7-9,11-14,16-21,23-26,37,41-42H,2-6,10,15,22,27-29H2,1H3,(H,45,46). The van der Waals surface area contributed by atoms with E-state index in [0.29, 0.717) is 42.1 Å². The molecule has 47 heavy (non-hydrogen) atoms. The zero-order chi connectivity index (χ0) is 33.3. The van der Waals surface area contributed by atoms with Crippen LogP contribution in [0, 0.1) is 0 Å². The van der Waals surface area contributed by atoms with Gasteiger partial charge in [-0.3, -0.25) is 9.59 Å². The summed E-state index contributed by atoms with van der Waals surface area (Å²) in [5.41, 5.74) is 3.88.